The lowest BCUT2D eigenvalue weighted by atomic mass is 10.2. The van der Waals surface area contributed by atoms with Gasteiger partial charge in [0.25, 0.3) is 0 Å². The van der Waals surface area contributed by atoms with Gasteiger partial charge in [0.15, 0.2) is 5.82 Å². The summed E-state index contributed by atoms with van der Waals surface area (Å²) in [6.07, 6.45) is 6.23. The van der Waals surface area contributed by atoms with Gasteiger partial charge in [-0.15, -0.1) is 5.10 Å². The van der Waals surface area contributed by atoms with Crippen LogP contribution in [0.5, 0.6) is 0 Å². The Labute approximate surface area is 125 Å². The van der Waals surface area contributed by atoms with Crippen molar-refractivity contribution in [3.63, 3.8) is 0 Å². The van der Waals surface area contributed by atoms with E-state index in [1.165, 1.54) is 18.4 Å². The number of anilines is 1. The maximum atomic E-state index is 4.36. The van der Waals surface area contributed by atoms with Gasteiger partial charge in [0.1, 0.15) is 0 Å². The quantitative estimate of drug-likeness (QED) is 0.844. The van der Waals surface area contributed by atoms with Gasteiger partial charge in [-0.3, -0.25) is 4.98 Å². The second kappa shape index (κ2) is 6.63. The summed E-state index contributed by atoms with van der Waals surface area (Å²) in [6, 6.07) is 8.88. The van der Waals surface area contributed by atoms with Crippen molar-refractivity contribution in [3.8, 4) is 0 Å². The van der Waals surface area contributed by atoms with Crippen LogP contribution >= 0.6 is 0 Å². The van der Waals surface area contributed by atoms with E-state index in [1.54, 1.807) is 0 Å². The van der Waals surface area contributed by atoms with Crippen LogP contribution in [0.4, 0.5) is 5.82 Å². The molecule has 21 heavy (non-hydrogen) atoms. The molecule has 1 aliphatic rings. The Morgan fingerprint density at radius 2 is 1.95 bits per heavy atom. The molecule has 1 N–H and O–H groups in total. The maximum Gasteiger partial charge on any atom is 0.151 e. The van der Waals surface area contributed by atoms with Crippen molar-refractivity contribution in [1.82, 2.24) is 20.5 Å². The minimum absolute atomic E-state index is 0.699. The minimum atomic E-state index is 0.699. The van der Waals surface area contributed by atoms with Crippen LogP contribution in [0.1, 0.15) is 31.0 Å². The first-order chi connectivity index (χ1) is 10.3. The van der Waals surface area contributed by atoms with Gasteiger partial charge in [-0.1, -0.05) is 0 Å². The summed E-state index contributed by atoms with van der Waals surface area (Å²) in [7, 11) is 0. The molecule has 5 heteroatoms. The smallest absolute Gasteiger partial charge is 0.151 e. The first kappa shape index (κ1) is 13.9. The van der Waals surface area contributed by atoms with E-state index in [0.717, 1.165) is 31.1 Å². The third-order valence-electron chi connectivity index (χ3n) is 3.68. The van der Waals surface area contributed by atoms with Crippen molar-refractivity contribution in [2.75, 3.05) is 11.4 Å². The van der Waals surface area contributed by atoms with Crippen LogP contribution in [0.25, 0.3) is 0 Å². The molecule has 0 aliphatic heterocycles. The zero-order valence-electron chi connectivity index (χ0n) is 12.4. The van der Waals surface area contributed by atoms with Crippen molar-refractivity contribution >= 4 is 5.82 Å². The number of hydrogen-bond donors (Lipinski definition) is 1. The van der Waals surface area contributed by atoms with Crippen molar-refractivity contribution < 1.29 is 0 Å². The van der Waals surface area contributed by atoms with Crippen LogP contribution in [-0.2, 0) is 13.1 Å². The summed E-state index contributed by atoms with van der Waals surface area (Å²) < 4.78 is 0. The predicted molar refractivity (Wildman–Crippen MR) is 82.9 cm³/mol. The summed E-state index contributed by atoms with van der Waals surface area (Å²) in [5, 5.41) is 12.1. The lowest BCUT2D eigenvalue weighted by Gasteiger charge is -2.21. The summed E-state index contributed by atoms with van der Waals surface area (Å²) in [5.74, 6) is 0.921. The summed E-state index contributed by atoms with van der Waals surface area (Å²) in [6.45, 7) is 4.67. The van der Waals surface area contributed by atoms with E-state index < -0.39 is 0 Å². The number of nitrogens with zero attached hydrogens (tertiary/aromatic N) is 4. The molecule has 2 aromatic rings. The highest BCUT2D eigenvalue weighted by Gasteiger charge is 2.20. The normalized spacial score (nSPS) is 14.1. The van der Waals surface area contributed by atoms with Gasteiger partial charge in [-0.2, -0.15) is 5.10 Å². The molecule has 0 unspecified atom stereocenters. The first-order valence-corrected chi connectivity index (χ1v) is 7.55. The molecule has 1 aliphatic carbocycles. The molecule has 0 spiro atoms. The average Bonchev–Trinajstić information content (AvgIpc) is 3.37. The van der Waals surface area contributed by atoms with Crippen molar-refractivity contribution in [3.05, 3.63) is 47.9 Å². The highest BCUT2D eigenvalue weighted by molar-refractivity contribution is 5.38. The van der Waals surface area contributed by atoms with Gasteiger partial charge in [0.2, 0.25) is 0 Å². The van der Waals surface area contributed by atoms with Crippen LogP contribution in [0.3, 0.4) is 0 Å². The van der Waals surface area contributed by atoms with E-state index in [4.69, 9.17) is 0 Å². The van der Waals surface area contributed by atoms with Crippen molar-refractivity contribution in [2.45, 2.75) is 38.9 Å². The SMILES string of the molecule is CCN(Cc1ccncc1)c1ccc(CNC2CC2)nn1. The number of hydrogen-bond acceptors (Lipinski definition) is 5. The zero-order chi connectivity index (χ0) is 14.5. The molecular weight excluding hydrogens is 262 g/mol. The number of rotatable bonds is 7. The van der Waals surface area contributed by atoms with E-state index in [-0.39, 0.29) is 0 Å². The predicted octanol–water partition coefficient (Wildman–Crippen LogP) is 2.15. The summed E-state index contributed by atoms with van der Waals surface area (Å²) in [5.41, 5.74) is 2.23. The molecule has 0 amide bonds. The molecule has 2 aromatic heterocycles. The number of nitrogens with one attached hydrogen (secondary N) is 1. The highest BCUT2D eigenvalue weighted by atomic mass is 15.3. The van der Waals surface area contributed by atoms with Crippen LogP contribution in [0.15, 0.2) is 36.7 Å². The van der Waals surface area contributed by atoms with E-state index in [2.05, 4.69) is 44.5 Å². The molecule has 110 valence electrons. The molecule has 1 fully saturated rings. The third-order valence-corrected chi connectivity index (χ3v) is 3.68. The van der Waals surface area contributed by atoms with Crippen molar-refractivity contribution in [1.29, 1.82) is 0 Å². The first-order valence-electron chi connectivity index (χ1n) is 7.55. The topological polar surface area (TPSA) is 53.9 Å². The van der Waals surface area contributed by atoms with Crippen LogP contribution < -0.4 is 10.2 Å². The molecule has 3 rings (SSSR count). The number of pyridine rings is 1. The van der Waals surface area contributed by atoms with Crippen LogP contribution in [-0.4, -0.2) is 27.8 Å². The largest absolute Gasteiger partial charge is 0.351 e. The second-order valence-electron chi connectivity index (χ2n) is 5.41. The highest BCUT2D eigenvalue weighted by Crippen LogP contribution is 2.19. The van der Waals surface area contributed by atoms with E-state index >= 15 is 0 Å². The van der Waals surface area contributed by atoms with E-state index in [1.807, 2.05) is 24.5 Å². The molecule has 1 saturated carbocycles. The molecule has 0 saturated heterocycles. The fourth-order valence-electron chi connectivity index (χ4n) is 2.22. The Morgan fingerprint density at radius 3 is 2.57 bits per heavy atom. The van der Waals surface area contributed by atoms with Crippen LogP contribution in [0.2, 0.25) is 0 Å². The third kappa shape index (κ3) is 3.98. The summed E-state index contributed by atoms with van der Waals surface area (Å²) >= 11 is 0. The second-order valence-corrected chi connectivity index (χ2v) is 5.41. The Balaban J connectivity index is 1.62. The molecule has 0 bridgehead atoms. The molecule has 2 heterocycles. The Morgan fingerprint density at radius 1 is 1.14 bits per heavy atom. The number of aromatic nitrogens is 3. The summed E-state index contributed by atoms with van der Waals surface area (Å²) in [4.78, 5) is 6.26. The molecule has 5 nitrogen and oxygen atoms in total. The average molecular weight is 283 g/mol. The van der Waals surface area contributed by atoms with E-state index in [9.17, 15) is 0 Å². The van der Waals surface area contributed by atoms with Gasteiger partial charge in [-0.05, 0) is 49.6 Å². The molecular formula is C16H21N5. The van der Waals surface area contributed by atoms with E-state index in [0.29, 0.717) is 6.04 Å². The molecule has 0 atom stereocenters. The molecule has 0 aromatic carbocycles. The van der Waals surface area contributed by atoms with Gasteiger partial charge < -0.3 is 10.2 Å². The lowest BCUT2D eigenvalue weighted by molar-refractivity contribution is 0.663. The fraction of sp³-hybridized carbons (Fsp3) is 0.438. The van der Waals surface area contributed by atoms with Gasteiger partial charge >= 0.3 is 0 Å². The monoisotopic (exact) mass is 283 g/mol. The maximum absolute atomic E-state index is 4.36. The van der Waals surface area contributed by atoms with Gasteiger partial charge in [-0.25, -0.2) is 0 Å². The standard InChI is InChI=1S/C16H21N5/c1-2-21(12-13-7-9-17-10-8-13)16-6-5-15(19-20-16)11-18-14-3-4-14/h5-10,14,18H,2-4,11-12H2,1H3. The Kier molecular flexibility index (Phi) is 4.40. The van der Waals surface area contributed by atoms with Gasteiger partial charge in [0, 0.05) is 38.1 Å². The minimum Gasteiger partial charge on any atom is -0.351 e. The Bertz CT molecular complexity index is 551. The van der Waals surface area contributed by atoms with Crippen molar-refractivity contribution in [2.24, 2.45) is 0 Å². The fourth-order valence-corrected chi connectivity index (χ4v) is 2.22. The lowest BCUT2D eigenvalue weighted by Crippen LogP contribution is -2.24. The molecule has 0 radical (unpaired) electrons. The Hall–Kier alpha value is -2.01. The van der Waals surface area contributed by atoms with Gasteiger partial charge in [0.05, 0.1) is 5.69 Å². The zero-order valence-corrected chi connectivity index (χ0v) is 12.4. The van der Waals surface area contributed by atoms with Crippen LogP contribution in [0, 0.1) is 0 Å².